The van der Waals surface area contributed by atoms with Crippen LogP contribution in [0.25, 0.3) is 0 Å². The maximum atomic E-state index is 6.13. The fourth-order valence-corrected chi connectivity index (χ4v) is 3.31. The van der Waals surface area contributed by atoms with Gasteiger partial charge in [0.15, 0.2) is 0 Å². The van der Waals surface area contributed by atoms with Gasteiger partial charge in [-0.1, -0.05) is 31.2 Å². The van der Waals surface area contributed by atoms with Crippen molar-refractivity contribution in [2.45, 2.75) is 32.0 Å². The third-order valence-corrected chi connectivity index (χ3v) is 4.66. The lowest BCUT2D eigenvalue weighted by Gasteiger charge is -2.43. The first kappa shape index (κ1) is 16.4. The van der Waals surface area contributed by atoms with Crippen LogP contribution in [0.4, 0.5) is 0 Å². The van der Waals surface area contributed by atoms with Crippen molar-refractivity contribution in [2.75, 3.05) is 40.3 Å². The van der Waals surface area contributed by atoms with Crippen LogP contribution in [-0.4, -0.2) is 56.2 Å². The molecule has 1 aromatic rings. The van der Waals surface area contributed by atoms with Gasteiger partial charge in [0.25, 0.3) is 0 Å². The Morgan fingerprint density at radius 3 is 2.76 bits per heavy atom. The second kappa shape index (κ2) is 7.90. The summed E-state index contributed by atoms with van der Waals surface area (Å²) in [5.41, 5.74) is 8.70. The monoisotopic (exact) mass is 291 g/mol. The highest BCUT2D eigenvalue weighted by molar-refractivity contribution is 5.30. The number of nitrogens with two attached hydrogens (primary N) is 1. The lowest BCUT2D eigenvalue weighted by molar-refractivity contribution is 0.0634. The Balaban J connectivity index is 2.19. The van der Waals surface area contributed by atoms with Crippen molar-refractivity contribution in [1.29, 1.82) is 0 Å². The van der Waals surface area contributed by atoms with E-state index in [0.29, 0.717) is 25.2 Å². The molecule has 0 aliphatic carbocycles. The van der Waals surface area contributed by atoms with E-state index in [1.165, 1.54) is 17.5 Å². The highest BCUT2D eigenvalue weighted by Crippen LogP contribution is 2.26. The Morgan fingerprint density at radius 1 is 1.33 bits per heavy atom. The van der Waals surface area contributed by atoms with Gasteiger partial charge in [0.1, 0.15) is 0 Å². The summed E-state index contributed by atoms with van der Waals surface area (Å²) in [5, 5.41) is 0. The van der Waals surface area contributed by atoms with Crippen molar-refractivity contribution in [3.8, 4) is 0 Å². The summed E-state index contributed by atoms with van der Waals surface area (Å²) < 4.78 is 5.34. The zero-order valence-corrected chi connectivity index (χ0v) is 13.6. The molecule has 2 N–H and O–H groups in total. The van der Waals surface area contributed by atoms with Crippen molar-refractivity contribution in [1.82, 2.24) is 9.80 Å². The minimum Gasteiger partial charge on any atom is -0.380 e. The standard InChI is InChI=1S/C17H29N3O/c1-4-15-12-20(10-9-19(15)2)17(11-18)16-8-6-5-7-14(16)13-21-3/h5-8,15,17H,4,9-13,18H2,1-3H3. The highest BCUT2D eigenvalue weighted by atomic mass is 16.5. The van der Waals surface area contributed by atoms with E-state index >= 15 is 0 Å². The highest BCUT2D eigenvalue weighted by Gasteiger charge is 2.29. The number of rotatable bonds is 6. The molecule has 1 fully saturated rings. The van der Waals surface area contributed by atoms with E-state index in [1.807, 2.05) is 0 Å². The summed E-state index contributed by atoms with van der Waals surface area (Å²) >= 11 is 0. The predicted octanol–water partition coefficient (Wildman–Crippen LogP) is 1.86. The fourth-order valence-electron chi connectivity index (χ4n) is 3.31. The molecule has 0 radical (unpaired) electrons. The Hall–Kier alpha value is -0.940. The van der Waals surface area contributed by atoms with Gasteiger partial charge in [0.05, 0.1) is 6.61 Å². The topological polar surface area (TPSA) is 41.7 Å². The first-order valence-electron chi connectivity index (χ1n) is 7.92. The molecule has 118 valence electrons. The molecule has 2 unspecified atom stereocenters. The second-order valence-corrected chi connectivity index (χ2v) is 5.92. The lowest BCUT2D eigenvalue weighted by atomic mass is 9.97. The number of piperazine rings is 1. The second-order valence-electron chi connectivity index (χ2n) is 5.92. The van der Waals surface area contributed by atoms with E-state index in [-0.39, 0.29) is 0 Å². The summed E-state index contributed by atoms with van der Waals surface area (Å²) in [4.78, 5) is 5.01. The molecule has 0 saturated carbocycles. The molecular formula is C17H29N3O. The molecule has 1 heterocycles. The molecule has 0 spiro atoms. The van der Waals surface area contributed by atoms with Gasteiger partial charge in [-0.2, -0.15) is 0 Å². The minimum atomic E-state index is 0.291. The number of ether oxygens (including phenoxy) is 1. The van der Waals surface area contributed by atoms with Crippen molar-refractivity contribution >= 4 is 0 Å². The van der Waals surface area contributed by atoms with Crippen LogP contribution in [-0.2, 0) is 11.3 Å². The molecule has 0 amide bonds. The molecule has 1 saturated heterocycles. The van der Waals surface area contributed by atoms with E-state index in [4.69, 9.17) is 10.5 Å². The molecule has 1 aliphatic heterocycles. The van der Waals surface area contributed by atoms with Crippen LogP contribution < -0.4 is 5.73 Å². The molecular weight excluding hydrogens is 262 g/mol. The van der Waals surface area contributed by atoms with Gasteiger partial charge in [-0.15, -0.1) is 0 Å². The molecule has 1 aromatic carbocycles. The van der Waals surface area contributed by atoms with Gasteiger partial charge in [-0.3, -0.25) is 4.90 Å². The molecule has 4 nitrogen and oxygen atoms in total. The minimum absolute atomic E-state index is 0.291. The van der Waals surface area contributed by atoms with E-state index in [2.05, 4.69) is 48.0 Å². The molecule has 21 heavy (non-hydrogen) atoms. The molecule has 4 heteroatoms. The van der Waals surface area contributed by atoms with Gasteiger partial charge in [0, 0.05) is 45.4 Å². The summed E-state index contributed by atoms with van der Waals surface area (Å²) in [6.07, 6.45) is 1.18. The van der Waals surface area contributed by atoms with Crippen LogP contribution in [0.2, 0.25) is 0 Å². The molecule has 1 aliphatic rings. The van der Waals surface area contributed by atoms with Crippen LogP contribution in [0, 0.1) is 0 Å². The average Bonchev–Trinajstić information content (AvgIpc) is 2.51. The van der Waals surface area contributed by atoms with Gasteiger partial charge in [-0.25, -0.2) is 0 Å². The lowest BCUT2D eigenvalue weighted by Crippen LogP contribution is -2.53. The Morgan fingerprint density at radius 2 is 2.10 bits per heavy atom. The summed E-state index contributed by atoms with van der Waals surface area (Å²) in [5.74, 6) is 0. The number of methoxy groups -OCH3 is 1. The van der Waals surface area contributed by atoms with Gasteiger partial charge < -0.3 is 15.4 Å². The number of nitrogens with zero attached hydrogens (tertiary/aromatic N) is 2. The van der Waals surface area contributed by atoms with Crippen LogP contribution >= 0.6 is 0 Å². The first-order chi connectivity index (χ1) is 10.2. The van der Waals surface area contributed by atoms with Gasteiger partial charge in [0.2, 0.25) is 0 Å². The van der Waals surface area contributed by atoms with Crippen molar-refractivity contribution < 1.29 is 4.74 Å². The van der Waals surface area contributed by atoms with Crippen molar-refractivity contribution in [3.05, 3.63) is 35.4 Å². The third-order valence-electron chi connectivity index (χ3n) is 4.66. The normalized spacial score (nSPS) is 22.4. The van der Waals surface area contributed by atoms with E-state index in [0.717, 1.165) is 19.6 Å². The Kier molecular flexibility index (Phi) is 6.18. The zero-order valence-electron chi connectivity index (χ0n) is 13.6. The molecule has 0 aromatic heterocycles. The molecule has 2 rings (SSSR count). The van der Waals surface area contributed by atoms with E-state index in [9.17, 15) is 0 Å². The van der Waals surface area contributed by atoms with Crippen LogP contribution in [0.5, 0.6) is 0 Å². The average molecular weight is 291 g/mol. The number of hydrogen-bond donors (Lipinski definition) is 1. The first-order valence-corrected chi connectivity index (χ1v) is 7.92. The van der Waals surface area contributed by atoms with Gasteiger partial charge in [-0.05, 0) is 24.6 Å². The fraction of sp³-hybridized carbons (Fsp3) is 0.647. The predicted molar refractivity (Wildman–Crippen MR) is 87.2 cm³/mol. The van der Waals surface area contributed by atoms with Crippen molar-refractivity contribution in [3.63, 3.8) is 0 Å². The van der Waals surface area contributed by atoms with E-state index < -0.39 is 0 Å². The smallest absolute Gasteiger partial charge is 0.0716 e. The Labute approximate surface area is 128 Å². The maximum Gasteiger partial charge on any atom is 0.0716 e. The maximum absolute atomic E-state index is 6.13. The molecule has 2 atom stereocenters. The summed E-state index contributed by atoms with van der Waals surface area (Å²) in [6.45, 7) is 6.85. The number of hydrogen-bond acceptors (Lipinski definition) is 4. The SMILES string of the molecule is CCC1CN(C(CN)c2ccccc2COC)CCN1C. The summed E-state index contributed by atoms with van der Waals surface area (Å²) in [6, 6.07) is 9.44. The van der Waals surface area contributed by atoms with E-state index in [1.54, 1.807) is 7.11 Å². The van der Waals surface area contributed by atoms with Crippen LogP contribution in [0.3, 0.4) is 0 Å². The number of likely N-dealkylation sites (N-methyl/N-ethyl adjacent to an activating group) is 1. The molecule has 0 bridgehead atoms. The summed E-state index contributed by atoms with van der Waals surface area (Å²) in [7, 11) is 3.97. The van der Waals surface area contributed by atoms with Crippen molar-refractivity contribution in [2.24, 2.45) is 5.73 Å². The Bertz CT molecular complexity index is 438. The van der Waals surface area contributed by atoms with Crippen LogP contribution in [0.15, 0.2) is 24.3 Å². The zero-order chi connectivity index (χ0) is 15.2. The van der Waals surface area contributed by atoms with Crippen LogP contribution in [0.1, 0.15) is 30.5 Å². The van der Waals surface area contributed by atoms with Gasteiger partial charge >= 0.3 is 0 Å². The quantitative estimate of drug-likeness (QED) is 0.868. The number of benzene rings is 1. The largest absolute Gasteiger partial charge is 0.380 e. The third kappa shape index (κ3) is 3.83.